The zero-order valence-corrected chi connectivity index (χ0v) is 10.0. The van der Waals surface area contributed by atoms with Gasteiger partial charge in [0.25, 0.3) is 0 Å². The van der Waals surface area contributed by atoms with Crippen LogP contribution in [-0.2, 0) is 4.79 Å². The molecular formula is C12H14ClNO2. The number of carbonyl (C=O) groups excluding carboxylic acids is 1. The number of hydrogen-bond acceptors (Lipinski definition) is 2. The Hall–Kier alpha value is -1.48. The normalized spacial score (nSPS) is 10.4. The van der Waals surface area contributed by atoms with Crippen molar-refractivity contribution < 1.29 is 9.53 Å². The van der Waals surface area contributed by atoms with Crippen molar-refractivity contribution in [2.24, 2.45) is 0 Å². The molecule has 0 aliphatic heterocycles. The Bertz CT molecular complexity index is 402. The molecular weight excluding hydrogens is 226 g/mol. The van der Waals surface area contributed by atoms with Gasteiger partial charge in [-0.25, -0.2) is 0 Å². The highest BCUT2D eigenvalue weighted by atomic mass is 35.5. The Balaban J connectivity index is 2.69. The first-order valence-corrected chi connectivity index (χ1v) is 5.26. The number of benzene rings is 1. The van der Waals surface area contributed by atoms with Crippen molar-refractivity contribution in [1.82, 2.24) is 5.32 Å². The lowest BCUT2D eigenvalue weighted by Crippen LogP contribution is -2.19. The third-order valence-corrected chi connectivity index (χ3v) is 2.20. The van der Waals surface area contributed by atoms with E-state index in [1.54, 1.807) is 19.2 Å². The van der Waals surface area contributed by atoms with Crippen molar-refractivity contribution >= 4 is 23.6 Å². The second-order valence-corrected chi connectivity index (χ2v) is 3.66. The molecule has 1 aromatic rings. The molecule has 0 aliphatic rings. The summed E-state index contributed by atoms with van der Waals surface area (Å²) < 4.78 is 5.18. The minimum Gasteiger partial charge on any atom is -0.496 e. The van der Waals surface area contributed by atoms with Crippen LogP contribution in [0.1, 0.15) is 12.5 Å². The fourth-order valence-electron chi connectivity index (χ4n) is 1.21. The molecule has 0 saturated carbocycles. The Kier molecular flexibility index (Phi) is 4.86. The third kappa shape index (κ3) is 3.95. The molecule has 16 heavy (non-hydrogen) atoms. The van der Waals surface area contributed by atoms with Gasteiger partial charge in [0.2, 0.25) is 5.91 Å². The van der Waals surface area contributed by atoms with Gasteiger partial charge in [-0.3, -0.25) is 4.79 Å². The first kappa shape index (κ1) is 12.6. The molecule has 0 unspecified atom stereocenters. The molecule has 0 saturated heterocycles. The minimum atomic E-state index is -0.0484. The quantitative estimate of drug-likeness (QED) is 0.877. The molecule has 0 atom stereocenters. The van der Waals surface area contributed by atoms with E-state index in [1.807, 2.05) is 18.2 Å². The molecule has 0 aliphatic carbocycles. The first-order valence-electron chi connectivity index (χ1n) is 4.88. The summed E-state index contributed by atoms with van der Waals surface area (Å²) in [5, 5.41) is 3.31. The maximum Gasteiger partial charge on any atom is 0.217 e. The van der Waals surface area contributed by atoms with Gasteiger partial charge in [0.1, 0.15) is 5.75 Å². The van der Waals surface area contributed by atoms with Gasteiger partial charge in [0, 0.05) is 24.1 Å². The van der Waals surface area contributed by atoms with Crippen LogP contribution in [0.3, 0.4) is 0 Å². The minimum absolute atomic E-state index is 0.0484. The highest BCUT2D eigenvalue weighted by Gasteiger charge is 1.99. The van der Waals surface area contributed by atoms with Gasteiger partial charge in [-0.05, 0) is 18.2 Å². The van der Waals surface area contributed by atoms with Crippen molar-refractivity contribution in [3.63, 3.8) is 0 Å². The smallest absolute Gasteiger partial charge is 0.217 e. The van der Waals surface area contributed by atoms with Crippen LogP contribution in [0.4, 0.5) is 0 Å². The topological polar surface area (TPSA) is 38.3 Å². The lowest BCUT2D eigenvalue weighted by Gasteiger charge is -2.04. The molecule has 0 spiro atoms. The predicted octanol–water partition coefficient (Wildman–Crippen LogP) is 2.50. The maximum absolute atomic E-state index is 10.6. The van der Waals surface area contributed by atoms with Crippen LogP contribution in [0.2, 0.25) is 5.02 Å². The van der Waals surface area contributed by atoms with Crippen LogP contribution in [0, 0.1) is 0 Å². The molecule has 0 radical (unpaired) electrons. The standard InChI is InChI=1S/C12H14ClNO2/c1-9(15)14-7-3-4-10-5-6-11(13)8-12(10)16-2/h3-6,8H,7H2,1-2H3,(H,14,15). The van der Waals surface area contributed by atoms with Crippen LogP contribution in [0.15, 0.2) is 24.3 Å². The summed E-state index contributed by atoms with van der Waals surface area (Å²) in [5.74, 6) is 0.666. The van der Waals surface area contributed by atoms with Gasteiger partial charge >= 0.3 is 0 Å². The van der Waals surface area contributed by atoms with Gasteiger partial charge in [0.15, 0.2) is 0 Å². The van der Waals surface area contributed by atoms with E-state index in [-0.39, 0.29) is 5.91 Å². The van der Waals surface area contributed by atoms with Crippen LogP contribution in [0.25, 0.3) is 6.08 Å². The Labute approximate surface area is 100 Å². The summed E-state index contributed by atoms with van der Waals surface area (Å²) in [7, 11) is 1.59. The summed E-state index contributed by atoms with van der Waals surface area (Å²) in [6.45, 7) is 1.98. The van der Waals surface area contributed by atoms with E-state index in [0.29, 0.717) is 17.3 Å². The van der Waals surface area contributed by atoms with Crippen LogP contribution >= 0.6 is 11.6 Å². The number of hydrogen-bond donors (Lipinski definition) is 1. The monoisotopic (exact) mass is 239 g/mol. The van der Waals surface area contributed by atoms with Gasteiger partial charge in [0.05, 0.1) is 7.11 Å². The summed E-state index contributed by atoms with van der Waals surface area (Å²) in [4.78, 5) is 10.6. The van der Waals surface area contributed by atoms with Gasteiger partial charge in [-0.2, -0.15) is 0 Å². The Morgan fingerprint density at radius 3 is 2.94 bits per heavy atom. The molecule has 0 heterocycles. The molecule has 1 amide bonds. The van der Waals surface area contributed by atoms with Gasteiger partial charge < -0.3 is 10.1 Å². The summed E-state index contributed by atoms with van der Waals surface area (Å²) in [6, 6.07) is 5.41. The van der Waals surface area contributed by atoms with Crippen molar-refractivity contribution in [3.8, 4) is 5.75 Å². The summed E-state index contributed by atoms with van der Waals surface area (Å²) in [6.07, 6.45) is 3.73. The van der Waals surface area contributed by atoms with Gasteiger partial charge in [-0.15, -0.1) is 0 Å². The number of carbonyl (C=O) groups is 1. The van der Waals surface area contributed by atoms with E-state index in [2.05, 4.69) is 5.32 Å². The molecule has 0 aromatic heterocycles. The molecule has 4 heteroatoms. The second kappa shape index (κ2) is 6.18. The molecule has 1 aromatic carbocycles. The average Bonchev–Trinajstić information content (AvgIpc) is 2.25. The lowest BCUT2D eigenvalue weighted by atomic mass is 10.2. The molecule has 1 N–H and O–H groups in total. The molecule has 0 fully saturated rings. The largest absolute Gasteiger partial charge is 0.496 e. The van der Waals surface area contributed by atoms with Crippen molar-refractivity contribution in [2.75, 3.05) is 13.7 Å². The van der Waals surface area contributed by atoms with E-state index < -0.39 is 0 Å². The van der Waals surface area contributed by atoms with Crippen LogP contribution < -0.4 is 10.1 Å². The lowest BCUT2D eigenvalue weighted by molar-refractivity contribution is -0.118. The average molecular weight is 240 g/mol. The highest BCUT2D eigenvalue weighted by Crippen LogP contribution is 2.23. The van der Waals surface area contributed by atoms with Crippen LogP contribution in [0.5, 0.6) is 5.75 Å². The predicted molar refractivity (Wildman–Crippen MR) is 65.7 cm³/mol. The third-order valence-electron chi connectivity index (χ3n) is 1.96. The summed E-state index contributed by atoms with van der Waals surface area (Å²) in [5.41, 5.74) is 0.928. The van der Waals surface area contributed by atoms with E-state index in [4.69, 9.17) is 16.3 Å². The summed E-state index contributed by atoms with van der Waals surface area (Å²) >= 11 is 5.84. The molecule has 1 rings (SSSR count). The number of ether oxygens (including phenoxy) is 1. The number of halogens is 1. The van der Waals surface area contributed by atoms with E-state index in [9.17, 15) is 4.79 Å². The van der Waals surface area contributed by atoms with Gasteiger partial charge in [-0.1, -0.05) is 23.8 Å². The van der Waals surface area contributed by atoms with Crippen molar-refractivity contribution in [3.05, 3.63) is 34.9 Å². The van der Waals surface area contributed by atoms with E-state index >= 15 is 0 Å². The second-order valence-electron chi connectivity index (χ2n) is 3.23. The fraction of sp³-hybridized carbons (Fsp3) is 0.250. The Morgan fingerprint density at radius 2 is 2.31 bits per heavy atom. The maximum atomic E-state index is 10.6. The number of methoxy groups -OCH3 is 1. The zero-order chi connectivity index (χ0) is 12.0. The highest BCUT2D eigenvalue weighted by molar-refractivity contribution is 6.30. The van der Waals surface area contributed by atoms with Crippen molar-refractivity contribution in [2.45, 2.75) is 6.92 Å². The number of amides is 1. The molecule has 3 nitrogen and oxygen atoms in total. The Morgan fingerprint density at radius 1 is 1.56 bits per heavy atom. The van der Waals surface area contributed by atoms with Crippen molar-refractivity contribution in [1.29, 1.82) is 0 Å². The zero-order valence-electron chi connectivity index (χ0n) is 9.29. The number of nitrogens with one attached hydrogen (secondary N) is 1. The van der Waals surface area contributed by atoms with E-state index in [0.717, 1.165) is 5.56 Å². The fourth-order valence-corrected chi connectivity index (χ4v) is 1.37. The van der Waals surface area contributed by atoms with Crippen LogP contribution in [-0.4, -0.2) is 19.6 Å². The molecule has 0 bridgehead atoms. The SMILES string of the molecule is COc1cc(Cl)ccc1C=CCNC(C)=O. The molecule has 86 valence electrons. The number of rotatable bonds is 4. The van der Waals surface area contributed by atoms with E-state index in [1.165, 1.54) is 6.92 Å². The first-order chi connectivity index (χ1) is 7.63.